The van der Waals surface area contributed by atoms with Gasteiger partial charge in [0.2, 0.25) is 0 Å². The lowest BCUT2D eigenvalue weighted by atomic mass is 9.87. The van der Waals surface area contributed by atoms with Crippen molar-refractivity contribution >= 4 is 0 Å². The Morgan fingerprint density at radius 2 is 1.83 bits per heavy atom. The van der Waals surface area contributed by atoms with Crippen molar-refractivity contribution in [3.8, 4) is 0 Å². The van der Waals surface area contributed by atoms with Crippen molar-refractivity contribution in [2.75, 3.05) is 14.1 Å². The van der Waals surface area contributed by atoms with Crippen molar-refractivity contribution < 1.29 is 5.11 Å². The van der Waals surface area contributed by atoms with E-state index < -0.39 is 0 Å². The Labute approximate surface area is 109 Å². The molecule has 1 unspecified atom stereocenters. The second-order valence-electron chi connectivity index (χ2n) is 5.09. The van der Waals surface area contributed by atoms with Gasteiger partial charge in [0, 0.05) is 5.92 Å². The average Bonchev–Trinajstić information content (AvgIpc) is 2.79. The van der Waals surface area contributed by atoms with Crippen LogP contribution < -0.4 is 0 Å². The van der Waals surface area contributed by atoms with E-state index in [4.69, 9.17) is 0 Å². The van der Waals surface area contributed by atoms with Crippen LogP contribution in [0.3, 0.4) is 0 Å². The van der Waals surface area contributed by atoms with Crippen molar-refractivity contribution in [2.45, 2.75) is 19.1 Å². The summed E-state index contributed by atoms with van der Waals surface area (Å²) in [6.07, 6.45) is 5.92. The van der Waals surface area contributed by atoms with E-state index in [1.807, 2.05) is 19.1 Å². The molecule has 1 aromatic carbocycles. The zero-order valence-corrected chi connectivity index (χ0v) is 11.2. The van der Waals surface area contributed by atoms with Crippen LogP contribution in [0.15, 0.2) is 54.1 Å². The van der Waals surface area contributed by atoms with Crippen LogP contribution in [0, 0.1) is 5.92 Å². The van der Waals surface area contributed by atoms with Crippen LogP contribution in [-0.4, -0.2) is 30.2 Å². The quantitative estimate of drug-likeness (QED) is 0.879. The lowest BCUT2D eigenvalue weighted by molar-refractivity contribution is 0.155. The highest BCUT2D eigenvalue weighted by Gasteiger charge is 2.28. The van der Waals surface area contributed by atoms with Crippen LogP contribution in [0.1, 0.15) is 18.5 Å². The number of nitrogens with zero attached hydrogens (tertiary/aromatic N) is 1. The minimum atomic E-state index is -0.346. The summed E-state index contributed by atoms with van der Waals surface area (Å²) in [4.78, 5) is 2.20. The van der Waals surface area contributed by atoms with Crippen LogP contribution in [0.5, 0.6) is 0 Å². The molecule has 2 nitrogen and oxygen atoms in total. The number of hydrogen-bond acceptors (Lipinski definition) is 2. The zero-order valence-electron chi connectivity index (χ0n) is 11.2. The predicted molar refractivity (Wildman–Crippen MR) is 75.3 cm³/mol. The molecule has 0 radical (unpaired) electrons. The van der Waals surface area contributed by atoms with Crippen molar-refractivity contribution in [1.29, 1.82) is 0 Å². The fraction of sp³-hybridized carbons (Fsp3) is 0.375. The van der Waals surface area contributed by atoms with Crippen molar-refractivity contribution in [3.63, 3.8) is 0 Å². The fourth-order valence-electron chi connectivity index (χ4n) is 2.65. The van der Waals surface area contributed by atoms with Gasteiger partial charge in [-0.3, -0.25) is 4.90 Å². The van der Waals surface area contributed by atoms with Gasteiger partial charge in [-0.2, -0.15) is 0 Å². The van der Waals surface area contributed by atoms with Crippen molar-refractivity contribution in [2.24, 2.45) is 5.92 Å². The lowest BCUT2D eigenvalue weighted by Crippen LogP contribution is -2.27. The van der Waals surface area contributed by atoms with E-state index in [0.29, 0.717) is 0 Å². The number of likely N-dealkylation sites (N-methyl/N-ethyl adjacent to an activating group) is 1. The molecule has 1 aliphatic carbocycles. The van der Waals surface area contributed by atoms with Gasteiger partial charge in [0.25, 0.3) is 0 Å². The van der Waals surface area contributed by atoms with Crippen molar-refractivity contribution in [1.82, 2.24) is 4.90 Å². The molecule has 18 heavy (non-hydrogen) atoms. The normalized spacial score (nSPS) is 22.1. The van der Waals surface area contributed by atoms with E-state index in [2.05, 4.69) is 55.4 Å². The lowest BCUT2D eigenvalue weighted by Gasteiger charge is -2.31. The molecular weight excluding hydrogens is 222 g/mol. The number of benzene rings is 1. The first-order chi connectivity index (χ1) is 8.61. The standard InChI is InChI=1S/C16H21NO/c1-12(18)14-10-7-11-15(14)16(17(2)3)13-8-5-4-6-9-13/h4-12,14,16,18H,1-3H3/t12-,14?,16+/m0/s1. The monoisotopic (exact) mass is 243 g/mol. The SMILES string of the molecule is C[C@H](O)C1C=CC=C1[C@@H](c1ccccc1)N(C)C. The summed E-state index contributed by atoms with van der Waals surface area (Å²) in [6, 6.07) is 10.7. The Kier molecular flexibility index (Phi) is 4.00. The van der Waals surface area contributed by atoms with E-state index in [0.717, 1.165) is 0 Å². The largest absolute Gasteiger partial charge is 0.392 e. The molecule has 96 valence electrons. The van der Waals surface area contributed by atoms with Gasteiger partial charge in [0.05, 0.1) is 12.1 Å². The molecule has 0 aromatic heterocycles. The van der Waals surface area contributed by atoms with Gasteiger partial charge >= 0.3 is 0 Å². The third kappa shape index (κ3) is 2.55. The van der Waals surface area contributed by atoms with Gasteiger partial charge in [0.1, 0.15) is 0 Å². The topological polar surface area (TPSA) is 23.5 Å². The smallest absolute Gasteiger partial charge is 0.0612 e. The summed E-state index contributed by atoms with van der Waals surface area (Å²) in [5.74, 6) is 0.123. The Hall–Kier alpha value is -1.38. The molecule has 0 fully saturated rings. The van der Waals surface area contributed by atoms with Crippen LogP contribution in [0.4, 0.5) is 0 Å². The van der Waals surface area contributed by atoms with Gasteiger partial charge in [-0.15, -0.1) is 0 Å². The minimum Gasteiger partial charge on any atom is -0.392 e. The Bertz CT molecular complexity index is 445. The highest BCUT2D eigenvalue weighted by atomic mass is 16.3. The van der Waals surface area contributed by atoms with Gasteiger partial charge in [-0.1, -0.05) is 48.6 Å². The van der Waals surface area contributed by atoms with Crippen LogP contribution in [0.2, 0.25) is 0 Å². The van der Waals surface area contributed by atoms with E-state index >= 15 is 0 Å². The first-order valence-corrected chi connectivity index (χ1v) is 6.39. The Morgan fingerprint density at radius 1 is 1.17 bits per heavy atom. The average molecular weight is 243 g/mol. The maximum absolute atomic E-state index is 9.89. The predicted octanol–water partition coefficient (Wildman–Crippen LogP) is 2.78. The zero-order chi connectivity index (χ0) is 13.1. The number of allylic oxidation sites excluding steroid dienone is 2. The molecule has 0 saturated carbocycles. The summed E-state index contributed by atoms with van der Waals surface area (Å²) in [7, 11) is 4.16. The molecule has 0 bridgehead atoms. The fourth-order valence-corrected chi connectivity index (χ4v) is 2.65. The number of aliphatic hydroxyl groups excluding tert-OH is 1. The molecule has 2 rings (SSSR count). The summed E-state index contributed by atoms with van der Waals surface area (Å²) in [6.45, 7) is 1.85. The highest BCUT2D eigenvalue weighted by Crippen LogP contribution is 2.36. The van der Waals surface area contributed by atoms with E-state index in [-0.39, 0.29) is 18.1 Å². The first kappa shape index (κ1) is 13.1. The van der Waals surface area contributed by atoms with Crippen LogP contribution in [-0.2, 0) is 0 Å². The second-order valence-corrected chi connectivity index (χ2v) is 5.09. The molecule has 1 aromatic rings. The molecule has 2 heteroatoms. The molecule has 0 aliphatic heterocycles. The summed E-state index contributed by atoms with van der Waals surface area (Å²) in [5, 5.41) is 9.89. The maximum atomic E-state index is 9.89. The molecular formula is C16H21NO. The molecule has 1 N–H and O–H groups in total. The third-order valence-corrected chi connectivity index (χ3v) is 3.46. The first-order valence-electron chi connectivity index (χ1n) is 6.39. The highest BCUT2D eigenvalue weighted by molar-refractivity contribution is 5.38. The van der Waals surface area contributed by atoms with E-state index in [1.54, 1.807) is 0 Å². The number of rotatable bonds is 4. The van der Waals surface area contributed by atoms with Crippen LogP contribution in [0.25, 0.3) is 0 Å². The van der Waals surface area contributed by atoms with Gasteiger partial charge in [-0.25, -0.2) is 0 Å². The summed E-state index contributed by atoms with van der Waals surface area (Å²) < 4.78 is 0. The molecule has 0 spiro atoms. The third-order valence-electron chi connectivity index (χ3n) is 3.46. The van der Waals surface area contributed by atoms with Gasteiger partial charge < -0.3 is 5.11 Å². The van der Waals surface area contributed by atoms with E-state index in [1.165, 1.54) is 11.1 Å². The van der Waals surface area contributed by atoms with E-state index in [9.17, 15) is 5.11 Å². The second kappa shape index (κ2) is 5.51. The number of hydrogen-bond donors (Lipinski definition) is 1. The molecule has 3 atom stereocenters. The van der Waals surface area contributed by atoms with Gasteiger partial charge in [-0.05, 0) is 32.2 Å². The summed E-state index contributed by atoms with van der Waals surface area (Å²) in [5.41, 5.74) is 2.53. The van der Waals surface area contributed by atoms with Crippen molar-refractivity contribution in [3.05, 3.63) is 59.7 Å². The molecule has 0 saturated heterocycles. The molecule has 0 amide bonds. The Balaban J connectivity index is 2.33. The van der Waals surface area contributed by atoms with Crippen LogP contribution >= 0.6 is 0 Å². The molecule has 0 heterocycles. The summed E-state index contributed by atoms with van der Waals surface area (Å²) >= 11 is 0. The Morgan fingerprint density at radius 3 is 2.39 bits per heavy atom. The number of aliphatic hydroxyl groups is 1. The van der Waals surface area contributed by atoms with Gasteiger partial charge in [0.15, 0.2) is 0 Å². The molecule has 1 aliphatic rings. The maximum Gasteiger partial charge on any atom is 0.0612 e. The minimum absolute atomic E-state index is 0.123.